The number of sulfonamides is 1. The molecule has 0 saturated carbocycles. The topological polar surface area (TPSA) is 103 Å². The van der Waals surface area contributed by atoms with Crippen molar-refractivity contribution < 1.29 is 22.6 Å². The van der Waals surface area contributed by atoms with E-state index in [1.165, 1.54) is 17.7 Å². The Balaban J connectivity index is 1.57. The molecule has 0 bridgehead atoms. The van der Waals surface area contributed by atoms with Crippen LogP contribution in [0.1, 0.15) is 17.2 Å². The third-order valence-electron chi connectivity index (χ3n) is 5.43. The molecule has 0 saturated heterocycles. The highest BCUT2D eigenvalue weighted by Gasteiger charge is 2.35. The molecule has 2 aromatic rings. The Kier molecular flexibility index (Phi) is 9.51. The molecule has 2 aromatic carbocycles. The Bertz CT molecular complexity index is 1000. The van der Waals surface area contributed by atoms with Crippen molar-refractivity contribution in [3.05, 3.63) is 58.6 Å². The van der Waals surface area contributed by atoms with Gasteiger partial charge >= 0.3 is 0 Å². The molecule has 0 amide bonds. The number of halogens is 1. The van der Waals surface area contributed by atoms with Crippen LogP contribution < -0.4 is 15.2 Å². The Morgan fingerprint density at radius 1 is 1.06 bits per heavy atom. The van der Waals surface area contributed by atoms with E-state index >= 15 is 0 Å². The number of likely N-dealkylation sites (N-methyl/N-ethyl adjacent to an activating group) is 1. The predicted molar refractivity (Wildman–Crippen MR) is 128 cm³/mol. The molecule has 0 spiro atoms. The summed E-state index contributed by atoms with van der Waals surface area (Å²) >= 11 is 6.22. The van der Waals surface area contributed by atoms with Gasteiger partial charge in [0, 0.05) is 18.1 Å². The second-order valence-electron chi connectivity index (χ2n) is 8.00. The second kappa shape index (κ2) is 12.1. The van der Waals surface area contributed by atoms with E-state index in [-0.39, 0.29) is 30.2 Å². The van der Waals surface area contributed by atoms with Gasteiger partial charge in [0.05, 0.1) is 37.4 Å². The highest BCUT2D eigenvalue weighted by molar-refractivity contribution is 7.89. The number of hydrogen-bond donors (Lipinski definition) is 2. The van der Waals surface area contributed by atoms with Crippen molar-refractivity contribution >= 4 is 21.6 Å². The average Bonchev–Trinajstić information content (AvgIpc) is 3.14. The van der Waals surface area contributed by atoms with E-state index < -0.39 is 10.0 Å². The van der Waals surface area contributed by atoms with Crippen LogP contribution in [-0.2, 0) is 25.9 Å². The molecule has 10 heteroatoms. The molecule has 0 unspecified atom stereocenters. The first-order valence-corrected chi connectivity index (χ1v) is 12.7. The Morgan fingerprint density at radius 2 is 1.76 bits per heavy atom. The summed E-state index contributed by atoms with van der Waals surface area (Å²) in [5.41, 5.74) is 7.60. The standard InChI is InChI=1S/C23H32ClN3O5S/c1-27(2)22-15-17-3-4-18(24)16-21(17)23(22)32-19-5-7-20(8-6-19)33(28,29)26-10-12-31-14-13-30-11-9-25/h3-8,16,22-23,26H,9-15,25H2,1-2H3/t22-,23-/m0/s1. The van der Waals surface area contributed by atoms with E-state index in [0.717, 1.165) is 12.0 Å². The summed E-state index contributed by atoms with van der Waals surface area (Å²) < 4.78 is 44.4. The highest BCUT2D eigenvalue weighted by Crippen LogP contribution is 2.38. The van der Waals surface area contributed by atoms with Gasteiger partial charge in [-0.15, -0.1) is 0 Å². The zero-order valence-electron chi connectivity index (χ0n) is 19.0. The van der Waals surface area contributed by atoms with E-state index in [2.05, 4.69) is 9.62 Å². The zero-order valence-corrected chi connectivity index (χ0v) is 20.6. The summed E-state index contributed by atoms with van der Waals surface area (Å²) in [7, 11) is 0.398. The molecule has 1 aliphatic carbocycles. The van der Waals surface area contributed by atoms with Crippen molar-refractivity contribution in [3.8, 4) is 5.75 Å². The third kappa shape index (κ3) is 7.13. The molecule has 3 N–H and O–H groups in total. The summed E-state index contributed by atoms with van der Waals surface area (Å²) in [5, 5.41) is 0.668. The maximum absolute atomic E-state index is 12.5. The molecule has 0 aromatic heterocycles. The summed E-state index contributed by atoms with van der Waals surface area (Å²) in [6.45, 7) is 2.17. The molecule has 2 atom stereocenters. The number of rotatable bonds is 13. The van der Waals surface area contributed by atoms with Crippen LogP contribution in [0.15, 0.2) is 47.4 Å². The Labute approximate surface area is 201 Å². The number of nitrogens with two attached hydrogens (primary N) is 1. The van der Waals surface area contributed by atoms with E-state index in [1.54, 1.807) is 12.1 Å². The van der Waals surface area contributed by atoms with Gasteiger partial charge in [-0.2, -0.15) is 0 Å². The molecular weight excluding hydrogens is 466 g/mol. The molecule has 0 fully saturated rings. The monoisotopic (exact) mass is 497 g/mol. The highest BCUT2D eigenvalue weighted by atomic mass is 35.5. The number of nitrogens with zero attached hydrogens (tertiary/aromatic N) is 1. The van der Waals surface area contributed by atoms with Crippen LogP contribution in [0.25, 0.3) is 0 Å². The maximum Gasteiger partial charge on any atom is 0.240 e. The molecule has 0 radical (unpaired) electrons. The lowest BCUT2D eigenvalue weighted by atomic mass is 10.1. The van der Waals surface area contributed by atoms with Gasteiger partial charge in [-0.25, -0.2) is 13.1 Å². The van der Waals surface area contributed by atoms with Crippen molar-refractivity contribution in [3.63, 3.8) is 0 Å². The van der Waals surface area contributed by atoms with Crippen LogP contribution in [0.2, 0.25) is 5.02 Å². The van der Waals surface area contributed by atoms with Gasteiger partial charge < -0.3 is 24.8 Å². The van der Waals surface area contributed by atoms with E-state index in [0.29, 0.717) is 37.1 Å². The normalized spacial score (nSPS) is 18.0. The maximum atomic E-state index is 12.5. The lowest BCUT2D eigenvalue weighted by molar-refractivity contribution is 0.0530. The molecule has 3 rings (SSSR count). The predicted octanol–water partition coefficient (Wildman–Crippen LogP) is 2.22. The van der Waals surface area contributed by atoms with Crippen molar-refractivity contribution in [1.29, 1.82) is 0 Å². The van der Waals surface area contributed by atoms with Crippen LogP contribution in [-0.4, -0.2) is 73.0 Å². The van der Waals surface area contributed by atoms with Gasteiger partial charge in [-0.05, 0) is 68.0 Å². The smallest absolute Gasteiger partial charge is 0.240 e. The number of nitrogens with one attached hydrogen (secondary N) is 1. The average molecular weight is 498 g/mol. The molecule has 182 valence electrons. The largest absolute Gasteiger partial charge is 0.484 e. The van der Waals surface area contributed by atoms with Crippen LogP contribution in [0, 0.1) is 0 Å². The first-order valence-electron chi connectivity index (χ1n) is 10.9. The fourth-order valence-corrected chi connectivity index (χ4v) is 4.93. The van der Waals surface area contributed by atoms with Gasteiger partial charge in [-0.3, -0.25) is 0 Å². The number of ether oxygens (including phenoxy) is 3. The lowest BCUT2D eigenvalue weighted by Crippen LogP contribution is -2.34. The minimum Gasteiger partial charge on any atom is -0.484 e. The molecule has 1 aliphatic rings. The van der Waals surface area contributed by atoms with Gasteiger partial charge in [0.1, 0.15) is 11.9 Å². The van der Waals surface area contributed by atoms with Crippen LogP contribution >= 0.6 is 11.6 Å². The fourth-order valence-electron chi connectivity index (χ4n) is 3.73. The zero-order chi connectivity index (χ0) is 23.8. The SMILES string of the molecule is CN(C)[C@H]1Cc2ccc(Cl)cc2[C@@H]1Oc1ccc(S(=O)(=O)NCCOCCOCCN)cc1. The number of benzene rings is 2. The second-order valence-corrected chi connectivity index (χ2v) is 10.2. The van der Waals surface area contributed by atoms with E-state index in [4.69, 9.17) is 31.5 Å². The van der Waals surface area contributed by atoms with Gasteiger partial charge in [0.25, 0.3) is 0 Å². The van der Waals surface area contributed by atoms with Crippen molar-refractivity contribution in [2.24, 2.45) is 5.73 Å². The Hall–Kier alpha value is -1.72. The molecule has 0 aliphatic heterocycles. The van der Waals surface area contributed by atoms with Crippen molar-refractivity contribution in [2.75, 3.05) is 53.6 Å². The summed E-state index contributed by atoms with van der Waals surface area (Å²) in [6.07, 6.45) is 0.669. The fraction of sp³-hybridized carbons (Fsp3) is 0.478. The van der Waals surface area contributed by atoms with Gasteiger partial charge in [0.2, 0.25) is 10.0 Å². The number of hydrogen-bond acceptors (Lipinski definition) is 7. The van der Waals surface area contributed by atoms with Crippen LogP contribution in [0.5, 0.6) is 5.75 Å². The molecule has 0 heterocycles. The van der Waals surface area contributed by atoms with E-state index in [1.807, 2.05) is 32.3 Å². The van der Waals surface area contributed by atoms with Gasteiger partial charge in [0.15, 0.2) is 0 Å². The molecule has 8 nitrogen and oxygen atoms in total. The van der Waals surface area contributed by atoms with Crippen molar-refractivity contribution in [2.45, 2.75) is 23.5 Å². The first-order chi connectivity index (χ1) is 15.8. The quantitative estimate of drug-likeness (QED) is 0.409. The first kappa shape index (κ1) is 25.9. The Morgan fingerprint density at radius 3 is 2.42 bits per heavy atom. The van der Waals surface area contributed by atoms with Gasteiger partial charge in [-0.1, -0.05) is 17.7 Å². The minimum atomic E-state index is -3.64. The van der Waals surface area contributed by atoms with Crippen LogP contribution in [0.3, 0.4) is 0 Å². The summed E-state index contributed by atoms with van der Waals surface area (Å²) in [6, 6.07) is 12.5. The van der Waals surface area contributed by atoms with E-state index in [9.17, 15) is 8.42 Å². The summed E-state index contributed by atoms with van der Waals surface area (Å²) in [4.78, 5) is 2.30. The minimum absolute atomic E-state index is 0.157. The lowest BCUT2D eigenvalue weighted by Gasteiger charge is -2.27. The molecular formula is C23H32ClN3O5S. The summed E-state index contributed by atoms with van der Waals surface area (Å²) in [5.74, 6) is 0.597. The van der Waals surface area contributed by atoms with Crippen LogP contribution in [0.4, 0.5) is 0 Å². The number of fused-ring (bicyclic) bond motifs is 1. The third-order valence-corrected chi connectivity index (χ3v) is 7.14. The van der Waals surface area contributed by atoms with Crippen molar-refractivity contribution in [1.82, 2.24) is 9.62 Å². The molecule has 33 heavy (non-hydrogen) atoms.